The smallest absolute Gasteiger partial charge is 0.225 e. The lowest BCUT2D eigenvalue weighted by atomic mass is 9.83. The van der Waals surface area contributed by atoms with Crippen LogP contribution in [-0.2, 0) is 4.79 Å². The normalized spacial score (nSPS) is 19.1. The van der Waals surface area contributed by atoms with Crippen LogP contribution in [0.4, 0.5) is 0 Å². The van der Waals surface area contributed by atoms with Crippen molar-refractivity contribution in [3.8, 4) is 11.5 Å². The van der Waals surface area contributed by atoms with Gasteiger partial charge in [0.25, 0.3) is 0 Å². The van der Waals surface area contributed by atoms with E-state index in [9.17, 15) is 4.79 Å². The van der Waals surface area contributed by atoms with Crippen LogP contribution in [0.5, 0.6) is 11.5 Å². The number of piperidine rings is 1. The Hall–Kier alpha value is -2.26. The first-order valence-corrected chi connectivity index (χ1v) is 10.2. The Bertz CT molecular complexity index is 935. The monoisotopic (exact) mass is 379 g/mol. The Morgan fingerprint density at radius 3 is 2.48 bits per heavy atom. The van der Waals surface area contributed by atoms with Gasteiger partial charge in [0, 0.05) is 35.2 Å². The van der Waals surface area contributed by atoms with Gasteiger partial charge in [-0.3, -0.25) is 4.79 Å². The van der Waals surface area contributed by atoms with E-state index in [1.807, 2.05) is 36.4 Å². The number of hydrogen-bond acceptors (Lipinski definition) is 2. The molecule has 3 nitrogen and oxygen atoms in total. The molecule has 2 heterocycles. The molecule has 1 amide bonds. The molecule has 0 unspecified atom stereocenters. The molecule has 5 rings (SSSR count). The van der Waals surface area contributed by atoms with Gasteiger partial charge in [0.2, 0.25) is 5.91 Å². The van der Waals surface area contributed by atoms with Crippen molar-refractivity contribution in [2.45, 2.75) is 32.1 Å². The molecule has 2 aliphatic heterocycles. The molecule has 2 fully saturated rings. The fourth-order valence-electron chi connectivity index (χ4n) is 4.35. The molecule has 4 heteroatoms. The Kier molecular flexibility index (Phi) is 4.20. The highest BCUT2D eigenvalue weighted by Gasteiger charge is 2.32. The molecule has 1 aliphatic carbocycles. The van der Waals surface area contributed by atoms with Gasteiger partial charge in [-0.15, -0.1) is 0 Å². The topological polar surface area (TPSA) is 29.5 Å². The van der Waals surface area contributed by atoms with Gasteiger partial charge in [-0.2, -0.15) is 0 Å². The number of ether oxygens (including phenoxy) is 1. The second-order valence-electron chi connectivity index (χ2n) is 7.67. The van der Waals surface area contributed by atoms with E-state index in [4.69, 9.17) is 16.3 Å². The highest BCUT2D eigenvalue weighted by atomic mass is 35.5. The van der Waals surface area contributed by atoms with Gasteiger partial charge in [-0.1, -0.05) is 41.8 Å². The number of para-hydroxylation sites is 1. The Morgan fingerprint density at radius 2 is 1.74 bits per heavy atom. The lowest BCUT2D eigenvalue weighted by molar-refractivity contribution is -0.138. The zero-order valence-electron chi connectivity index (χ0n) is 15.2. The number of nitrogens with zero attached hydrogens (tertiary/aromatic N) is 1. The zero-order valence-corrected chi connectivity index (χ0v) is 16.0. The summed E-state index contributed by atoms with van der Waals surface area (Å²) in [6, 6.07) is 14.0. The average Bonchev–Trinajstić information content (AvgIpc) is 2.65. The summed E-state index contributed by atoms with van der Waals surface area (Å²) in [7, 11) is 0. The quantitative estimate of drug-likeness (QED) is 0.545. The minimum Gasteiger partial charge on any atom is -0.456 e. The van der Waals surface area contributed by atoms with Crippen molar-refractivity contribution >= 4 is 23.1 Å². The van der Waals surface area contributed by atoms with E-state index in [1.54, 1.807) is 0 Å². The zero-order chi connectivity index (χ0) is 18.4. The predicted molar refractivity (Wildman–Crippen MR) is 107 cm³/mol. The highest BCUT2D eigenvalue weighted by molar-refractivity contribution is 6.30. The predicted octanol–water partition coefficient (Wildman–Crippen LogP) is 5.67. The van der Waals surface area contributed by atoms with E-state index < -0.39 is 0 Å². The van der Waals surface area contributed by atoms with E-state index >= 15 is 0 Å². The molecule has 0 aromatic heterocycles. The minimum atomic E-state index is 0.280. The van der Waals surface area contributed by atoms with Crippen molar-refractivity contribution in [3.05, 3.63) is 64.2 Å². The van der Waals surface area contributed by atoms with E-state index in [2.05, 4.69) is 11.0 Å². The first-order chi connectivity index (χ1) is 13.2. The maximum absolute atomic E-state index is 12.6. The number of rotatable bonds is 1. The number of hydrogen-bond donors (Lipinski definition) is 0. The number of amides is 1. The van der Waals surface area contributed by atoms with Crippen LogP contribution in [0.1, 0.15) is 43.2 Å². The molecule has 3 aliphatic rings. The van der Waals surface area contributed by atoms with Crippen LogP contribution in [0.15, 0.2) is 48.0 Å². The second kappa shape index (κ2) is 6.72. The molecule has 1 saturated carbocycles. The third-order valence-electron chi connectivity index (χ3n) is 6.07. The largest absolute Gasteiger partial charge is 0.456 e. The Labute approximate surface area is 164 Å². The standard InChI is InChI=1S/C23H22ClNO2/c24-17-8-9-21-19(14-17)22(18-6-1-2-7-20(18)27-21)15-10-12-25(13-11-15)23(26)16-4-3-5-16/h1-2,6-9,14,16H,3-5,10-13H2. The fraction of sp³-hybridized carbons (Fsp3) is 0.348. The van der Waals surface area contributed by atoms with Gasteiger partial charge in [0.1, 0.15) is 11.5 Å². The summed E-state index contributed by atoms with van der Waals surface area (Å²) in [4.78, 5) is 14.6. The van der Waals surface area contributed by atoms with Crippen LogP contribution < -0.4 is 4.74 Å². The van der Waals surface area contributed by atoms with Crippen molar-refractivity contribution in [2.24, 2.45) is 5.92 Å². The molecule has 27 heavy (non-hydrogen) atoms. The molecule has 138 valence electrons. The minimum absolute atomic E-state index is 0.280. The summed E-state index contributed by atoms with van der Waals surface area (Å²) in [5.41, 5.74) is 4.83. The Morgan fingerprint density at radius 1 is 1.00 bits per heavy atom. The van der Waals surface area contributed by atoms with Crippen LogP contribution >= 0.6 is 11.6 Å². The third kappa shape index (κ3) is 2.94. The van der Waals surface area contributed by atoms with E-state index in [0.29, 0.717) is 10.9 Å². The van der Waals surface area contributed by atoms with Crippen molar-refractivity contribution < 1.29 is 9.53 Å². The lowest BCUT2D eigenvalue weighted by Crippen LogP contribution is -2.42. The first-order valence-electron chi connectivity index (χ1n) is 9.79. The van der Waals surface area contributed by atoms with Crippen LogP contribution in [0.2, 0.25) is 5.02 Å². The molecular weight excluding hydrogens is 358 g/mol. The number of carbonyl (C=O) groups excluding carboxylic acids is 1. The third-order valence-corrected chi connectivity index (χ3v) is 6.31. The number of fused-ring (bicyclic) bond motifs is 2. The number of halogens is 1. The van der Waals surface area contributed by atoms with Gasteiger partial charge in [0.05, 0.1) is 0 Å². The van der Waals surface area contributed by atoms with Gasteiger partial charge >= 0.3 is 0 Å². The summed E-state index contributed by atoms with van der Waals surface area (Å²) in [6.45, 7) is 1.63. The van der Waals surface area contributed by atoms with Crippen molar-refractivity contribution in [1.29, 1.82) is 0 Å². The lowest BCUT2D eigenvalue weighted by Gasteiger charge is -2.36. The molecule has 0 atom stereocenters. The SMILES string of the molecule is O=C(C1CCC1)N1CCC(=C2c3ccccc3Oc3ccc(Cl)cc32)CC1. The van der Waals surface area contributed by atoms with Gasteiger partial charge in [-0.25, -0.2) is 0 Å². The molecule has 0 bridgehead atoms. The average molecular weight is 380 g/mol. The Balaban J connectivity index is 1.51. The highest BCUT2D eigenvalue weighted by Crippen LogP contribution is 2.47. The van der Waals surface area contributed by atoms with Crippen molar-refractivity contribution in [2.75, 3.05) is 13.1 Å². The molecule has 1 saturated heterocycles. The van der Waals surface area contributed by atoms with E-state index in [0.717, 1.165) is 61.4 Å². The maximum atomic E-state index is 12.6. The number of benzene rings is 2. The summed E-state index contributed by atoms with van der Waals surface area (Å²) in [5, 5.41) is 0.715. The van der Waals surface area contributed by atoms with Crippen molar-refractivity contribution in [1.82, 2.24) is 4.90 Å². The summed E-state index contributed by atoms with van der Waals surface area (Å²) >= 11 is 6.30. The molecule has 2 aromatic carbocycles. The molecule has 2 aromatic rings. The second-order valence-corrected chi connectivity index (χ2v) is 8.11. The summed E-state index contributed by atoms with van der Waals surface area (Å²) in [6.07, 6.45) is 5.16. The van der Waals surface area contributed by atoms with E-state index in [1.165, 1.54) is 17.6 Å². The summed E-state index contributed by atoms with van der Waals surface area (Å²) < 4.78 is 6.11. The fourth-order valence-corrected chi connectivity index (χ4v) is 4.53. The van der Waals surface area contributed by atoms with E-state index in [-0.39, 0.29) is 5.92 Å². The summed E-state index contributed by atoms with van der Waals surface area (Å²) in [5.74, 6) is 2.39. The van der Waals surface area contributed by atoms with Crippen LogP contribution in [0.25, 0.3) is 5.57 Å². The van der Waals surface area contributed by atoms with Crippen LogP contribution in [0, 0.1) is 5.92 Å². The molecule has 0 spiro atoms. The number of carbonyl (C=O) groups is 1. The molecule has 0 N–H and O–H groups in total. The number of likely N-dealkylation sites (tertiary alicyclic amines) is 1. The maximum Gasteiger partial charge on any atom is 0.225 e. The first kappa shape index (κ1) is 16.9. The van der Waals surface area contributed by atoms with Crippen LogP contribution in [-0.4, -0.2) is 23.9 Å². The molecular formula is C23H22ClNO2. The van der Waals surface area contributed by atoms with Crippen molar-refractivity contribution in [3.63, 3.8) is 0 Å². The van der Waals surface area contributed by atoms with Gasteiger partial charge < -0.3 is 9.64 Å². The van der Waals surface area contributed by atoms with Gasteiger partial charge in [0.15, 0.2) is 0 Å². The van der Waals surface area contributed by atoms with Crippen LogP contribution in [0.3, 0.4) is 0 Å². The van der Waals surface area contributed by atoms with Gasteiger partial charge in [-0.05, 0) is 55.5 Å². The molecule has 0 radical (unpaired) electrons.